The number of aliphatic hydroxyl groups is 1. The van der Waals surface area contributed by atoms with Gasteiger partial charge in [0.05, 0.1) is 22.7 Å². The van der Waals surface area contributed by atoms with Crippen LogP contribution < -0.4 is 0 Å². The first-order valence-electron chi connectivity index (χ1n) is 6.90. The van der Waals surface area contributed by atoms with E-state index in [1.807, 2.05) is 0 Å². The fraction of sp³-hybridized carbons (Fsp3) is 0.250. The van der Waals surface area contributed by atoms with Gasteiger partial charge in [-0.2, -0.15) is 0 Å². The zero-order valence-electron chi connectivity index (χ0n) is 11.6. The third kappa shape index (κ3) is 2.82. The van der Waals surface area contributed by atoms with Gasteiger partial charge in [-0.15, -0.1) is 0 Å². The van der Waals surface area contributed by atoms with Crippen molar-refractivity contribution in [3.05, 3.63) is 64.7 Å². The van der Waals surface area contributed by atoms with E-state index in [0.717, 1.165) is 5.56 Å². The molecule has 0 bridgehead atoms. The van der Waals surface area contributed by atoms with Gasteiger partial charge >= 0.3 is 0 Å². The number of nitrogens with zero attached hydrogens (tertiary/aromatic N) is 2. The van der Waals surface area contributed by atoms with Gasteiger partial charge in [0.1, 0.15) is 5.82 Å². The number of carbonyl (C=O) groups is 1. The Balaban J connectivity index is 1.92. The van der Waals surface area contributed by atoms with Crippen LogP contribution in [0.25, 0.3) is 0 Å². The molecule has 1 fully saturated rings. The Morgan fingerprint density at radius 1 is 1.32 bits per heavy atom. The second kappa shape index (κ2) is 6.02. The minimum absolute atomic E-state index is 0.222. The van der Waals surface area contributed by atoms with Crippen LogP contribution in [0.5, 0.6) is 0 Å². The average Bonchev–Trinajstić information content (AvgIpc) is 2.90. The van der Waals surface area contributed by atoms with Crippen LogP contribution >= 0.6 is 11.6 Å². The number of halogens is 2. The number of amides is 1. The highest BCUT2D eigenvalue weighted by molar-refractivity contribution is 6.33. The van der Waals surface area contributed by atoms with Crippen molar-refractivity contribution in [2.75, 3.05) is 6.54 Å². The SMILES string of the molecule is O=C(c1ccncc1Cl)N1C[C@H](O)C[C@H]1c1ccc(F)cc1. The van der Waals surface area contributed by atoms with Crippen LogP contribution in [0.1, 0.15) is 28.4 Å². The number of carbonyl (C=O) groups excluding carboxylic acids is 1. The predicted octanol–water partition coefficient (Wildman–Crippen LogP) is 2.82. The molecular weight excluding hydrogens is 307 g/mol. The molecule has 0 radical (unpaired) electrons. The molecule has 2 atom stereocenters. The van der Waals surface area contributed by atoms with E-state index in [1.54, 1.807) is 23.1 Å². The molecule has 2 heterocycles. The van der Waals surface area contributed by atoms with Gasteiger partial charge in [-0.3, -0.25) is 9.78 Å². The van der Waals surface area contributed by atoms with Gasteiger partial charge in [-0.05, 0) is 30.2 Å². The molecule has 4 nitrogen and oxygen atoms in total. The highest BCUT2D eigenvalue weighted by Gasteiger charge is 2.36. The van der Waals surface area contributed by atoms with Gasteiger partial charge in [0, 0.05) is 18.9 Å². The van der Waals surface area contributed by atoms with Gasteiger partial charge in [-0.1, -0.05) is 23.7 Å². The van der Waals surface area contributed by atoms with Gasteiger partial charge in [0.25, 0.3) is 5.91 Å². The Morgan fingerprint density at radius 2 is 2.05 bits per heavy atom. The molecule has 22 heavy (non-hydrogen) atoms. The summed E-state index contributed by atoms with van der Waals surface area (Å²) < 4.78 is 13.1. The minimum atomic E-state index is -0.611. The van der Waals surface area contributed by atoms with Gasteiger partial charge < -0.3 is 10.0 Å². The quantitative estimate of drug-likeness (QED) is 0.925. The van der Waals surface area contributed by atoms with E-state index in [2.05, 4.69) is 4.98 Å². The summed E-state index contributed by atoms with van der Waals surface area (Å²) in [5.74, 6) is -0.601. The zero-order chi connectivity index (χ0) is 15.7. The molecule has 1 aliphatic heterocycles. The summed E-state index contributed by atoms with van der Waals surface area (Å²) in [6.45, 7) is 0.222. The maximum atomic E-state index is 13.1. The summed E-state index contributed by atoms with van der Waals surface area (Å²) in [5.41, 5.74) is 1.13. The molecule has 0 saturated carbocycles. The standard InChI is InChI=1S/C16H14ClFN2O2/c17-14-8-19-6-5-13(14)16(22)20-9-12(21)7-15(20)10-1-3-11(18)4-2-10/h1-6,8,12,15,21H,7,9H2/t12-,15+/m1/s1. The molecule has 1 amide bonds. The predicted molar refractivity (Wildman–Crippen MR) is 80.0 cm³/mol. The number of benzene rings is 1. The van der Waals surface area contributed by atoms with E-state index < -0.39 is 6.10 Å². The Hall–Kier alpha value is -1.98. The van der Waals surface area contributed by atoms with Crippen molar-refractivity contribution in [1.29, 1.82) is 0 Å². The molecule has 1 aromatic heterocycles. The molecule has 0 aliphatic carbocycles. The van der Waals surface area contributed by atoms with E-state index in [9.17, 15) is 14.3 Å². The van der Waals surface area contributed by atoms with Gasteiger partial charge in [0.2, 0.25) is 0 Å². The molecule has 1 aliphatic rings. The molecule has 3 rings (SSSR count). The molecule has 1 N–H and O–H groups in total. The monoisotopic (exact) mass is 320 g/mol. The first kappa shape index (κ1) is 14.9. The largest absolute Gasteiger partial charge is 0.391 e. The maximum Gasteiger partial charge on any atom is 0.256 e. The van der Waals surface area contributed by atoms with E-state index in [-0.39, 0.29) is 29.3 Å². The molecule has 1 saturated heterocycles. The number of hydrogen-bond acceptors (Lipinski definition) is 3. The first-order chi connectivity index (χ1) is 10.6. The van der Waals surface area contributed by atoms with Crippen molar-refractivity contribution in [3.8, 4) is 0 Å². The van der Waals surface area contributed by atoms with Gasteiger partial charge in [-0.25, -0.2) is 4.39 Å². The summed E-state index contributed by atoms with van der Waals surface area (Å²) in [7, 11) is 0. The Bertz CT molecular complexity index is 693. The lowest BCUT2D eigenvalue weighted by atomic mass is 10.0. The summed E-state index contributed by atoms with van der Waals surface area (Å²) >= 11 is 6.03. The van der Waals surface area contributed by atoms with E-state index >= 15 is 0 Å². The van der Waals surface area contributed by atoms with Crippen LogP contribution in [-0.2, 0) is 0 Å². The molecule has 114 valence electrons. The summed E-state index contributed by atoms with van der Waals surface area (Å²) in [5, 5.41) is 10.2. The lowest BCUT2D eigenvalue weighted by Gasteiger charge is -2.25. The topological polar surface area (TPSA) is 53.4 Å². The highest BCUT2D eigenvalue weighted by atomic mass is 35.5. The second-order valence-corrected chi connectivity index (χ2v) is 5.68. The molecule has 0 spiro atoms. The Labute approximate surface area is 132 Å². The van der Waals surface area contributed by atoms with Crippen molar-refractivity contribution < 1.29 is 14.3 Å². The summed E-state index contributed by atoms with van der Waals surface area (Å²) in [6, 6.07) is 7.22. The summed E-state index contributed by atoms with van der Waals surface area (Å²) in [6.07, 6.45) is 2.71. The second-order valence-electron chi connectivity index (χ2n) is 5.27. The number of aliphatic hydroxyl groups excluding tert-OH is 1. The number of likely N-dealkylation sites (tertiary alicyclic amines) is 1. The van der Waals surface area contributed by atoms with E-state index in [0.29, 0.717) is 12.0 Å². The van der Waals surface area contributed by atoms with Crippen molar-refractivity contribution in [2.24, 2.45) is 0 Å². The van der Waals surface area contributed by atoms with Crippen LogP contribution in [0.4, 0.5) is 4.39 Å². The van der Waals surface area contributed by atoms with Crippen molar-refractivity contribution >= 4 is 17.5 Å². The molecule has 0 unspecified atom stereocenters. The molecule has 2 aromatic rings. The molecule has 1 aromatic carbocycles. The highest BCUT2D eigenvalue weighted by Crippen LogP contribution is 2.34. The number of aromatic nitrogens is 1. The minimum Gasteiger partial charge on any atom is -0.391 e. The number of hydrogen-bond donors (Lipinski definition) is 1. The number of rotatable bonds is 2. The van der Waals surface area contributed by atoms with E-state index in [4.69, 9.17) is 11.6 Å². The fourth-order valence-electron chi connectivity index (χ4n) is 2.74. The van der Waals surface area contributed by atoms with Crippen LogP contribution in [0.3, 0.4) is 0 Å². The number of pyridine rings is 1. The van der Waals surface area contributed by atoms with Crippen LogP contribution in [-0.4, -0.2) is 33.5 Å². The Kier molecular flexibility index (Phi) is 4.09. The third-order valence-electron chi connectivity index (χ3n) is 3.80. The Morgan fingerprint density at radius 3 is 2.73 bits per heavy atom. The van der Waals surface area contributed by atoms with Crippen molar-refractivity contribution in [1.82, 2.24) is 9.88 Å². The van der Waals surface area contributed by atoms with Crippen molar-refractivity contribution in [2.45, 2.75) is 18.6 Å². The van der Waals surface area contributed by atoms with Crippen LogP contribution in [0, 0.1) is 5.82 Å². The van der Waals surface area contributed by atoms with E-state index in [1.165, 1.54) is 24.5 Å². The molecular formula is C16H14ClFN2O2. The third-order valence-corrected chi connectivity index (χ3v) is 4.10. The zero-order valence-corrected chi connectivity index (χ0v) is 12.4. The van der Waals surface area contributed by atoms with Gasteiger partial charge in [0.15, 0.2) is 0 Å². The van der Waals surface area contributed by atoms with Crippen LogP contribution in [0.2, 0.25) is 5.02 Å². The maximum absolute atomic E-state index is 13.1. The average molecular weight is 321 g/mol. The lowest BCUT2D eigenvalue weighted by Crippen LogP contribution is -2.32. The normalized spacial score (nSPS) is 21.1. The fourth-order valence-corrected chi connectivity index (χ4v) is 2.94. The smallest absolute Gasteiger partial charge is 0.256 e. The number of β-amino-alcohol motifs (C(OH)–C–C–N with tert-alkyl or cyclic N) is 1. The first-order valence-corrected chi connectivity index (χ1v) is 7.28. The molecule has 6 heteroatoms. The van der Waals surface area contributed by atoms with Crippen LogP contribution in [0.15, 0.2) is 42.7 Å². The summed E-state index contributed by atoms with van der Waals surface area (Å²) in [4.78, 5) is 18.1. The lowest BCUT2D eigenvalue weighted by molar-refractivity contribution is 0.0716. The van der Waals surface area contributed by atoms with Crippen molar-refractivity contribution in [3.63, 3.8) is 0 Å².